The third-order valence-corrected chi connectivity index (χ3v) is 6.06. The fraction of sp³-hybridized carbons (Fsp3) is 0.381. The summed E-state index contributed by atoms with van der Waals surface area (Å²) in [5.41, 5.74) is 1.52. The average Bonchev–Trinajstić information content (AvgIpc) is 3.31. The van der Waals surface area contributed by atoms with Gasteiger partial charge in [0, 0.05) is 30.1 Å². The van der Waals surface area contributed by atoms with Gasteiger partial charge in [-0.15, -0.1) is 11.3 Å². The van der Waals surface area contributed by atoms with Crippen molar-refractivity contribution < 1.29 is 9.21 Å². The molecule has 0 atom stereocenters. The number of carbonyl (C=O) groups is 1. The van der Waals surface area contributed by atoms with E-state index in [0.29, 0.717) is 22.2 Å². The highest BCUT2D eigenvalue weighted by Gasteiger charge is 2.23. The largest absolute Gasteiger partial charge is 0.441 e. The number of fused-ring (bicyclic) bond motifs is 1. The van der Waals surface area contributed by atoms with Gasteiger partial charge >= 0.3 is 0 Å². The molecule has 1 aliphatic carbocycles. The maximum atomic E-state index is 12.6. The molecule has 28 heavy (non-hydrogen) atoms. The number of nitrogens with one attached hydrogen (secondary N) is 1. The van der Waals surface area contributed by atoms with Crippen molar-refractivity contribution in [2.45, 2.75) is 39.5 Å². The van der Waals surface area contributed by atoms with Crippen LogP contribution in [0.5, 0.6) is 0 Å². The summed E-state index contributed by atoms with van der Waals surface area (Å²) in [6, 6.07) is 7.71. The lowest BCUT2D eigenvalue weighted by atomic mass is 9.96. The molecule has 2 aromatic heterocycles. The lowest BCUT2D eigenvalue weighted by Crippen LogP contribution is -2.20. The number of anilines is 2. The fourth-order valence-corrected chi connectivity index (χ4v) is 4.59. The molecule has 0 aromatic carbocycles. The van der Waals surface area contributed by atoms with Gasteiger partial charge in [-0.1, -0.05) is 0 Å². The van der Waals surface area contributed by atoms with Crippen LogP contribution in [0.25, 0.3) is 6.08 Å². The van der Waals surface area contributed by atoms with Crippen LogP contribution < -0.4 is 10.2 Å². The van der Waals surface area contributed by atoms with Crippen LogP contribution in [0, 0.1) is 22.7 Å². The Hall–Kier alpha value is -3.03. The first-order chi connectivity index (χ1) is 13.6. The van der Waals surface area contributed by atoms with E-state index in [1.165, 1.54) is 17.4 Å². The van der Waals surface area contributed by atoms with Gasteiger partial charge in [-0.3, -0.25) is 4.79 Å². The number of carbonyl (C=O) groups excluding carboxylic acids is 1. The first-order valence-electron chi connectivity index (χ1n) is 9.43. The van der Waals surface area contributed by atoms with Crippen LogP contribution in [0.15, 0.2) is 22.1 Å². The molecule has 0 aliphatic heterocycles. The molecule has 0 radical (unpaired) electrons. The van der Waals surface area contributed by atoms with E-state index in [9.17, 15) is 15.3 Å². The Labute approximate surface area is 168 Å². The highest BCUT2D eigenvalue weighted by atomic mass is 32.1. The number of furan rings is 1. The summed E-state index contributed by atoms with van der Waals surface area (Å²) >= 11 is 1.44. The molecule has 0 saturated heterocycles. The molecule has 2 heterocycles. The third-order valence-electron chi connectivity index (χ3n) is 4.85. The zero-order chi connectivity index (χ0) is 20.1. The number of aryl methyl sites for hydroxylation is 1. The normalized spacial score (nSPS) is 13.4. The number of thiophene rings is 1. The summed E-state index contributed by atoms with van der Waals surface area (Å²) in [7, 11) is 0. The van der Waals surface area contributed by atoms with Gasteiger partial charge in [-0.2, -0.15) is 10.5 Å². The van der Waals surface area contributed by atoms with Crippen molar-refractivity contribution in [3.05, 3.63) is 39.5 Å². The molecule has 0 spiro atoms. The van der Waals surface area contributed by atoms with Crippen molar-refractivity contribution in [3.8, 4) is 12.1 Å². The second kappa shape index (κ2) is 8.77. The van der Waals surface area contributed by atoms with Crippen LogP contribution in [0.3, 0.4) is 0 Å². The van der Waals surface area contributed by atoms with Gasteiger partial charge in [0.25, 0.3) is 5.91 Å². The molecule has 6 nitrogen and oxygen atoms in total. The molecule has 1 N–H and O–H groups in total. The quantitative estimate of drug-likeness (QED) is 0.576. The molecule has 0 saturated carbocycles. The van der Waals surface area contributed by atoms with Crippen molar-refractivity contribution in [1.82, 2.24) is 0 Å². The van der Waals surface area contributed by atoms with E-state index in [0.717, 1.165) is 49.2 Å². The minimum absolute atomic E-state index is 0.0595. The minimum Gasteiger partial charge on any atom is -0.441 e. The summed E-state index contributed by atoms with van der Waals surface area (Å²) in [6.07, 6.45) is 5.39. The smallest absolute Gasteiger partial charge is 0.267 e. The SMILES string of the molecule is CCN(CC)c1ccc(/C=C(\C#N)C(=O)Nc2sc3c(c2C#N)CCCC3)o1. The predicted molar refractivity (Wildman–Crippen MR) is 110 cm³/mol. The highest BCUT2D eigenvalue weighted by Crippen LogP contribution is 2.37. The van der Waals surface area contributed by atoms with Crippen molar-refractivity contribution in [2.24, 2.45) is 0 Å². The topological polar surface area (TPSA) is 93.1 Å². The molecule has 2 aromatic rings. The van der Waals surface area contributed by atoms with Gasteiger partial charge < -0.3 is 14.6 Å². The van der Waals surface area contributed by atoms with E-state index < -0.39 is 5.91 Å². The summed E-state index contributed by atoms with van der Waals surface area (Å²) in [6.45, 7) is 5.67. The van der Waals surface area contributed by atoms with Crippen molar-refractivity contribution in [3.63, 3.8) is 0 Å². The molecular formula is C21H22N4O2S. The molecule has 1 aliphatic rings. The molecule has 1 amide bonds. The third kappa shape index (κ3) is 3.95. The summed E-state index contributed by atoms with van der Waals surface area (Å²) in [5.74, 6) is 0.615. The molecule has 0 unspecified atom stereocenters. The standard InChI is InChI=1S/C21H22N4O2S/c1-3-25(4-2)19-10-9-15(27-19)11-14(12-22)20(26)24-21-17(13-23)16-7-5-6-8-18(16)28-21/h9-11H,3-8H2,1-2H3,(H,24,26)/b14-11+. The van der Waals surface area contributed by atoms with Gasteiger partial charge in [0.2, 0.25) is 0 Å². The van der Waals surface area contributed by atoms with Crippen LogP contribution >= 0.6 is 11.3 Å². The first kappa shape index (κ1) is 19.7. The van der Waals surface area contributed by atoms with E-state index >= 15 is 0 Å². The van der Waals surface area contributed by atoms with Crippen LogP contribution in [0.2, 0.25) is 0 Å². The van der Waals surface area contributed by atoms with Gasteiger partial charge in [0.1, 0.15) is 28.5 Å². The summed E-state index contributed by atoms with van der Waals surface area (Å²) in [4.78, 5) is 15.8. The molecular weight excluding hydrogens is 372 g/mol. The van der Waals surface area contributed by atoms with Gasteiger partial charge in [0.15, 0.2) is 5.88 Å². The highest BCUT2D eigenvalue weighted by molar-refractivity contribution is 7.16. The van der Waals surface area contributed by atoms with Gasteiger partial charge in [-0.25, -0.2) is 0 Å². The predicted octanol–water partition coefficient (Wildman–Crippen LogP) is 4.48. The Morgan fingerprint density at radius 3 is 2.71 bits per heavy atom. The van der Waals surface area contributed by atoms with Crippen LogP contribution in [-0.2, 0) is 17.6 Å². The Morgan fingerprint density at radius 1 is 1.29 bits per heavy atom. The van der Waals surface area contributed by atoms with E-state index in [1.54, 1.807) is 6.07 Å². The molecule has 144 valence electrons. The zero-order valence-electron chi connectivity index (χ0n) is 16.0. The van der Waals surface area contributed by atoms with E-state index in [2.05, 4.69) is 11.4 Å². The van der Waals surface area contributed by atoms with Crippen molar-refractivity contribution in [1.29, 1.82) is 10.5 Å². The monoisotopic (exact) mass is 394 g/mol. The van der Waals surface area contributed by atoms with Crippen LogP contribution in [0.1, 0.15) is 48.5 Å². The molecule has 0 bridgehead atoms. The maximum Gasteiger partial charge on any atom is 0.267 e. The van der Waals surface area contributed by atoms with Crippen LogP contribution in [-0.4, -0.2) is 19.0 Å². The fourth-order valence-electron chi connectivity index (χ4n) is 3.36. The lowest BCUT2D eigenvalue weighted by Gasteiger charge is -2.16. The van der Waals surface area contributed by atoms with E-state index in [-0.39, 0.29) is 5.57 Å². The Kier molecular flexibility index (Phi) is 6.18. The zero-order valence-corrected chi connectivity index (χ0v) is 16.9. The summed E-state index contributed by atoms with van der Waals surface area (Å²) < 4.78 is 5.74. The van der Waals surface area contributed by atoms with Crippen molar-refractivity contribution >= 4 is 34.2 Å². The van der Waals surface area contributed by atoms with Gasteiger partial charge in [0.05, 0.1) is 5.56 Å². The van der Waals surface area contributed by atoms with E-state index in [1.807, 2.05) is 30.9 Å². The Morgan fingerprint density at radius 2 is 2.04 bits per heavy atom. The number of amides is 1. The second-order valence-corrected chi connectivity index (χ2v) is 7.60. The molecule has 3 rings (SSSR count). The summed E-state index contributed by atoms with van der Waals surface area (Å²) in [5, 5.41) is 22.2. The number of nitriles is 2. The second-order valence-electron chi connectivity index (χ2n) is 6.50. The Balaban J connectivity index is 1.82. The van der Waals surface area contributed by atoms with Crippen LogP contribution in [0.4, 0.5) is 10.9 Å². The average molecular weight is 395 g/mol. The first-order valence-corrected chi connectivity index (χ1v) is 10.2. The maximum absolute atomic E-state index is 12.6. The van der Waals surface area contributed by atoms with E-state index in [4.69, 9.17) is 4.42 Å². The van der Waals surface area contributed by atoms with Crippen molar-refractivity contribution in [2.75, 3.05) is 23.3 Å². The lowest BCUT2D eigenvalue weighted by molar-refractivity contribution is -0.112. The number of hydrogen-bond donors (Lipinski definition) is 1. The Bertz CT molecular complexity index is 983. The molecule has 0 fully saturated rings. The molecule has 7 heteroatoms. The van der Waals surface area contributed by atoms with Gasteiger partial charge in [-0.05, 0) is 51.2 Å². The number of nitrogens with zero attached hydrogens (tertiary/aromatic N) is 3. The number of rotatable bonds is 6. The minimum atomic E-state index is -0.529. The number of hydrogen-bond acceptors (Lipinski definition) is 6.